The van der Waals surface area contributed by atoms with Gasteiger partial charge in [-0.3, -0.25) is 13.9 Å². The van der Waals surface area contributed by atoms with Gasteiger partial charge in [-0.2, -0.15) is 5.26 Å². The van der Waals surface area contributed by atoms with Gasteiger partial charge in [0.05, 0.1) is 21.6 Å². The maximum atomic E-state index is 12.3. The summed E-state index contributed by atoms with van der Waals surface area (Å²) in [4.78, 5) is 32.3. The highest BCUT2D eigenvalue weighted by atomic mass is 32.1. The van der Waals surface area contributed by atoms with Crippen molar-refractivity contribution in [2.75, 3.05) is 11.9 Å². The van der Waals surface area contributed by atoms with E-state index in [1.165, 1.54) is 16.5 Å². The lowest BCUT2D eigenvalue weighted by Gasteiger charge is -2.33. The molecule has 0 unspecified atom stereocenters. The van der Waals surface area contributed by atoms with Gasteiger partial charge in [0, 0.05) is 21.1 Å². The van der Waals surface area contributed by atoms with E-state index in [-0.39, 0.29) is 11.6 Å². The number of rotatable bonds is 2. The van der Waals surface area contributed by atoms with Gasteiger partial charge in [0.25, 0.3) is 5.56 Å². The van der Waals surface area contributed by atoms with Crippen LogP contribution in [-0.4, -0.2) is 21.2 Å². The number of hydrogen-bond donors (Lipinski definition) is 0. The second-order valence-electron chi connectivity index (χ2n) is 6.08. The van der Waals surface area contributed by atoms with Crippen molar-refractivity contribution in [3.05, 3.63) is 42.0 Å². The van der Waals surface area contributed by atoms with Crippen LogP contribution in [0.15, 0.2) is 9.59 Å². The van der Waals surface area contributed by atoms with Crippen molar-refractivity contribution in [2.24, 2.45) is 14.1 Å². The fourth-order valence-electron chi connectivity index (χ4n) is 3.38. The summed E-state index contributed by atoms with van der Waals surface area (Å²) in [5.41, 5.74) is 0.0970. The fraction of sp³-hybridized carbons (Fsp3) is 0.500. The summed E-state index contributed by atoms with van der Waals surface area (Å²) >= 11 is 1.65. The van der Waals surface area contributed by atoms with Crippen molar-refractivity contribution >= 4 is 17.2 Å². The van der Waals surface area contributed by atoms with Crippen LogP contribution in [0.4, 0.5) is 5.82 Å². The van der Waals surface area contributed by atoms with E-state index in [0.29, 0.717) is 5.82 Å². The highest BCUT2D eigenvalue weighted by molar-refractivity contribution is 7.11. The molecule has 1 aliphatic rings. The number of nitrogens with zero attached hydrogens (tertiary/aromatic N) is 5. The summed E-state index contributed by atoms with van der Waals surface area (Å²) in [7, 11) is 4.82. The largest absolute Gasteiger partial charge is 0.352 e. The minimum Gasteiger partial charge on any atom is -0.352 e. The zero-order valence-electron chi connectivity index (χ0n) is 14.2. The minimum absolute atomic E-state index is 0.00420. The van der Waals surface area contributed by atoms with Crippen molar-refractivity contribution in [1.29, 1.82) is 5.26 Å². The quantitative estimate of drug-likeness (QED) is 0.817. The van der Waals surface area contributed by atoms with Crippen molar-refractivity contribution in [2.45, 2.75) is 32.2 Å². The lowest BCUT2D eigenvalue weighted by molar-refractivity contribution is 0.533. The van der Waals surface area contributed by atoms with Crippen LogP contribution in [0.25, 0.3) is 0 Å². The molecule has 24 heavy (non-hydrogen) atoms. The Balaban J connectivity index is 2.19. The van der Waals surface area contributed by atoms with Crippen molar-refractivity contribution < 1.29 is 0 Å². The molecule has 7 nitrogen and oxygen atoms in total. The van der Waals surface area contributed by atoms with Crippen LogP contribution < -0.4 is 16.1 Å². The number of anilines is 1. The summed E-state index contributed by atoms with van der Waals surface area (Å²) in [5, 5.41) is 10.5. The fourth-order valence-corrected chi connectivity index (χ4v) is 4.53. The highest BCUT2D eigenvalue weighted by Gasteiger charge is 2.30. The molecule has 0 aromatic carbocycles. The molecule has 0 fully saturated rings. The first-order valence-corrected chi connectivity index (χ1v) is 8.57. The standard InChI is InChI=1S/C16H19N5O2S/c1-9-18-11-6-5-7-12(13(11)24-9)19(2)14-10(8-17)15(22)21(4)16(23)20(14)3/h12H,5-7H2,1-4H3/t12-/m0/s1. The van der Waals surface area contributed by atoms with E-state index in [1.54, 1.807) is 18.4 Å². The zero-order chi connectivity index (χ0) is 17.6. The van der Waals surface area contributed by atoms with E-state index < -0.39 is 11.2 Å². The summed E-state index contributed by atoms with van der Waals surface area (Å²) < 4.78 is 2.35. The van der Waals surface area contributed by atoms with Crippen LogP contribution in [0.2, 0.25) is 0 Å². The van der Waals surface area contributed by atoms with Gasteiger partial charge in [0.1, 0.15) is 11.9 Å². The molecule has 2 aromatic heterocycles. The molecule has 0 aliphatic heterocycles. The number of fused-ring (bicyclic) bond motifs is 1. The molecule has 0 amide bonds. The summed E-state index contributed by atoms with van der Waals surface area (Å²) in [6.07, 6.45) is 2.84. The van der Waals surface area contributed by atoms with Crippen LogP contribution in [0.3, 0.4) is 0 Å². The van der Waals surface area contributed by atoms with Crippen molar-refractivity contribution in [3.63, 3.8) is 0 Å². The summed E-state index contributed by atoms with van der Waals surface area (Å²) in [5.74, 6) is 0.370. The third-order valence-corrected chi connectivity index (χ3v) is 5.69. The van der Waals surface area contributed by atoms with Gasteiger partial charge in [-0.25, -0.2) is 9.78 Å². The number of aromatic nitrogens is 3. The van der Waals surface area contributed by atoms with Gasteiger partial charge >= 0.3 is 5.69 Å². The van der Waals surface area contributed by atoms with Crippen LogP contribution in [0.1, 0.15) is 40.0 Å². The molecule has 0 bridgehead atoms. The van der Waals surface area contributed by atoms with Gasteiger partial charge in [-0.1, -0.05) is 0 Å². The molecule has 126 valence electrons. The van der Waals surface area contributed by atoms with Gasteiger partial charge in [-0.15, -0.1) is 11.3 Å². The van der Waals surface area contributed by atoms with Crippen LogP contribution in [-0.2, 0) is 20.5 Å². The summed E-state index contributed by atoms with van der Waals surface area (Å²) in [6, 6.07) is 1.99. The molecule has 8 heteroatoms. The minimum atomic E-state index is -0.557. The Labute approximate surface area is 143 Å². The molecule has 3 rings (SSSR count). The number of hydrogen-bond acceptors (Lipinski definition) is 6. The molecule has 1 atom stereocenters. The number of nitriles is 1. The summed E-state index contributed by atoms with van der Waals surface area (Å²) in [6.45, 7) is 1.98. The molecule has 0 N–H and O–H groups in total. The van der Waals surface area contributed by atoms with E-state index >= 15 is 0 Å². The first-order valence-electron chi connectivity index (χ1n) is 7.76. The second kappa shape index (κ2) is 5.91. The smallest absolute Gasteiger partial charge is 0.332 e. The van der Waals surface area contributed by atoms with E-state index in [2.05, 4.69) is 4.98 Å². The van der Waals surface area contributed by atoms with Gasteiger partial charge in [-0.05, 0) is 26.2 Å². The average Bonchev–Trinajstić information content (AvgIpc) is 2.95. The second-order valence-corrected chi connectivity index (χ2v) is 7.31. The van der Waals surface area contributed by atoms with Crippen LogP contribution >= 0.6 is 11.3 Å². The average molecular weight is 345 g/mol. The molecule has 0 spiro atoms. The van der Waals surface area contributed by atoms with E-state index in [0.717, 1.165) is 34.5 Å². The Morgan fingerprint density at radius 2 is 2.04 bits per heavy atom. The number of aryl methyl sites for hydroxylation is 2. The molecular weight excluding hydrogens is 326 g/mol. The van der Waals surface area contributed by atoms with Crippen molar-refractivity contribution in [3.8, 4) is 6.07 Å². The zero-order valence-corrected chi connectivity index (χ0v) is 15.0. The Kier molecular flexibility index (Phi) is 4.05. The SMILES string of the molecule is Cc1nc2c(s1)[C@@H](N(C)c1c(C#N)c(=O)n(C)c(=O)n1C)CCC2. The molecule has 1 aliphatic carbocycles. The first kappa shape index (κ1) is 16.5. The van der Waals surface area contributed by atoms with Gasteiger partial charge in [0.15, 0.2) is 5.56 Å². The normalized spacial score (nSPS) is 16.5. The Morgan fingerprint density at radius 1 is 1.33 bits per heavy atom. The third kappa shape index (κ3) is 2.36. The maximum absolute atomic E-state index is 12.3. The predicted molar refractivity (Wildman–Crippen MR) is 92.6 cm³/mol. The van der Waals surface area contributed by atoms with E-state index in [4.69, 9.17) is 0 Å². The molecule has 2 heterocycles. The first-order chi connectivity index (χ1) is 11.4. The lowest BCUT2D eigenvalue weighted by atomic mass is 9.97. The van der Waals surface area contributed by atoms with E-state index in [9.17, 15) is 14.9 Å². The Morgan fingerprint density at radius 3 is 2.71 bits per heavy atom. The monoisotopic (exact) mass is 345 g/mol. The third-order valence-electron chi connectivity index (χ3n) is 4.58. The van der Waals surface area contributed by atoms with Crippen LogP contribution in [0, 0.1) is 18.3 Å². The molecule has 0 radical (unpaired) electrons. The molecular formula is C16H19N5O2S. The number of thiazole rings is 1. The Hall–Kier alpha value is -2.40. The molecule has 0 saturated heterocycles. The Bertz CT molecular complexity index is 963. The maximum Gasteiger partial charge on any atom is 0.332 e. The molecule has 2 aromatic rings. The van der Waals surface area contributed by atoms with Crippen LogP contribution in [0.5, 0.6) is 0 Å². The lowest BCUT2D eigenvalue weighted by Crippen LogP contribution is -2.42. The van der Waals surface area contributed by atoms with Gasteiger partial charge in [0.2, 0.25) is 0 Å². The van der Waals surface area contributed by atoms with E-state index in [1.807, 2.05) is 24.9 Å². The highest BCUT2D eigenvalue weighted by Crippen LogP contribution is 2.39. The predicted octanol–water partition coefficient (Wildman–Crippen LogP) is 1.23. The van der Waals surface area contributed by atoms with Gasteiger partial charge < -0.3 is 4.90 Å². The molecule has 0 saturated carbocycles. The van der Waals surface area contributed by atoms with Crippen molar-refractivity contribution in [1.82, 2.24) is 14.1 Å². The topological polar surface area (TPSA) is 83.9 Å².